The highest BCUT2D eigenvalue weighted by atomic mass is 16.5. The summed E-state index contributed by atoms with van der Waals surface area (Å²) in [5.74, 6) is 1.39. The Morgan fingerprint density at radius 3 is 1.16 bits per heavy atom. The van der Waals surface area contributed by atoms with E-state index in [2.05, 4.69) is 83.7 Å². The van der Waals surface area contributed by atoms with Crippen LogP contribution < -0.4 is 19.3 Å². The Balaban J connectivity index is 0.971. The molecular weight excluding hydrogens is 552 g/mol. The number of aryl methyl sites for hydroxylation is 4. The molecule has 2 heterocycles. The fourth-order valence-corrected chi connectivity index (χ4v) is 6.64. The van der Waals surface area contributed by atoms with Crippen LogP contribution in [0.25, 0.3) is 0 Å². The van der Waals surface area contributed by atoms with Gasteiger partial charge in [-0.2, -0.15) is 0 Å². The van der Waals surface area contributed by atoms with E-state index in [0.717, 1.165) is 52.4 Å². The highest BCUT2D eigenvalue weighted by Crippen LogP contribution is 2.27. The van der Waals surface area contributed by atoms with Crippen LogP contribution in [-0.4, -0.2) is 111 Å². The smallest absolute Gasteiger partial charge is 0.119 e. The summed E-state index contributed by atoms with van der Waals surface area (Å²) in [5.41, 5.74) is 7.97. The molecule has 2 aliphatic heterocycles. The maximum absolute atomic E-state index is 10.6. The van der Waals surface area contributed by atoms with Gasteiger partial charge in [0.25, 0.3) is 0 Å². The Morgan fingerprint density at radius 1 is 0.523 bits per heavy atom. The van der Waals surface area contributed by atoms with Crippen LogP contribution in [0.15, 0.2) is 60.7 Å². The van der Waals surface area contributed by atoms with E-state index in [0.29, 0.717) is 24.6 Å². The predicted molar refractivity (Wildman–Crippen MR) is 179 cm³/mol. The molecule has 44 heavy (non-hydrogen) atoms. The number of piperazine rings is 2. The zero-order valence-electron chi connectivity index (χ0n) is 26.9. The summed E-state index contributed by atoms with van der Waals surface area (Å²) in [6.45, 7) is 17.9. The number of aliphatic hydroxyl groups excluding tert-OH is 2. The topological polar surface area (TPSA) is 71.9 Å². The number of nitrogens with zero attached hydrogens (tertiary/aromatic N) is 4. The van der Waals surface area contributed by atoms with Crippen LogP contribution in [0.2, 0.25) is 0 Å². The summed E-state index contributed by atoms with van der Waals surface area (Å²) in [6.07, 6.45) is -1.12. The molecule has 2 N–H and O–H groups in total. The van der Waals surface area contributed by atoms with Gasteiger partial charge in [0.15, 0.2) is 0 Å². The number of rotatable bonds is 12. The minimum Gasteiger partial charge on any atom is -0.491 e. The molecule has 2 fully saturated rings. The molecule has 0 amide bonds. The van der Waals surface area contributed by atoms with Crippen molar-refractivity contribution < 1.29 is 19.7 Å². The van der Waals surface area contributed by atoms with Crippen LogP contribution in [0.3, 0.4) is 0 Å². The number of aliphatic hydroxyl groups is 2. The molecule has 0 aliphatic carbocycles. The first kappa shape index (κ1) is 32.1. The first-order chi connectivity index (χ1) is 21.3. The van der Waals surface area contributed by atoms with Gasteiger partial charge in [-0.1, -0.05) is 36.4 Å². The third kappa shape index (κ3) is 8.45. The molecule has 8 nitrogen and oxygen atoms in total. The number of benzene rings is 3. The van der Waals surface area contributed by atoms with E-state index >= 15 is 0 Å². The van der Waals surface area contributed by atoms with Crippen molar-refractivity contribution in [2.24, 2.45) is 0 Å². The Labute approximate surface area is 263 Å². The maximum atomic E-state index is 10.6. The van der Waals surface area contributed by atoms with Crippen molar-refractivity contribution in [3.63, 3.8) is 0 Å². The van der Waals surface area contributed by atoms with E-state index in [1.165, 1.54) is 33.6 Å². The average Bonchev–Trinajstić information content (AvgIpc) is 3.01. The molecule has 238 valence electrons. The minimum absolute atomic E-state index is 0.243. The summed E-state index contributed by atoms with van der Waals surface area (Å²) >= 11 is 0. The van der Waals surface area contributed by atoms with Gasteiger partial charge in [-0.15, -0.1) is 0 Å². The van der Waals surface area contributed by atoms with Crippen molar-refractivity contribution in [2.75, 3.05) is 88.5 Å². The zero-order chi connectivity index (χ0) is 31.1. The molecule has 3 aromatic carbocycles. The van der Waals surface area contributed by atoms with E-state index in [-0.39, 0.29) is 13.2 Å². The summed E-state index contributed by atoms with van der Waals surface area (Å²) in [6, 6.07) is 20.3. The molecule has 3 aromatic rings. The average molecular weight is 603 g/mol. The lowest BCUT2D eigenvalue weighted by molar-refractivity contribution is 0.0650. The van der Waals surface area contributed by atoms with Crippen LogP contribution in [0.5, 0.6) is 11.5 Å². The van der Waals surface area contributed by atoms with E-state index in [1.54, 1.807) is 0 Å². The van der Waals surface area contributed by atoms with Crippen LogP contribution in [-0.2, 0) is 0 Å². The van der Waals surface area contributed by atoms with Crippen molar-refractivity contribution in [1.29, 1.82) is 0 Å². The van der Waals surface area contributed by atoms with Crippen LogP contribution in [0.1, 0.15) is 22.3 Å². The van der Waals surface area contributed by atoms with Crippen molar-refractivity contribution in [3.8, 4) is 11.5 Å². The second-order valence-corrected chi connectivity index (χ2v) is 12.5. The van der Waals surface area contributed by atoms with Gasteiger partial charge in [-0.05, 0) is 74.2 Å². The second-order valence-electron chi connectivity index (χ2n) is 12.5. The van der Waals surface area contributed by atoms with Gasteiger partial charge in [-0.3, -0.25) is 9.80 Å². The monoisotopic (exact) mass is 602 g/mol. The summed E-state index contributed by atoms with van der Waals surface area (Å²) < 4.78 is 11.7. The van der Waals surface area contributed by atoms with Crippen LogP contribution in [0.4, 0.5) is 11.4 Å². The van der Waals surface area contributed by atoms with Crippen molar-refractivity contribution in [1.82, 2.24) is 9.80 Å². The second kappa shape index (κ2) is 15.1. The molecule has 2 atom stereocenters. The molecule has 0 radical (unpaired) electrons. The van der Waals surface area contributed by atoms with Gasteiger partial charge in [0, 0.05) is 76.8 Å². The largest absolute Gasteiger partial charge is 0.491 e. The number of ether oxygens (including phenoxy) is 2. The maximum Gasteiger partial charge on any atom is 0.119 e. The fourth-order valence-electron chi connectivity index (χ4n) is 6.64. The molecule has 0 spiro atoms. The molecular formula is C36H50N4O4. The van der Waals surface area contributed by atoms with E-state index in [4.69, 9.17) is 9.47 Å². The Morgan fingerprint density at radius 2 is 0.841 bits per heavy atom. The molecule has 5 rings (SSSR count). The molecule has 8 heteroatoms. The lowest BCUT2D eigenvalue weighted by Gasteiger charge is -2.38. The Kier molecular flexibility index (Phi) is 11.0. The lowest BCUT2D eigenvalue weighted by Crippen LogP contribution is -2.49. The first-order valence-corrected chi connectivity index (χ1v) is 16.1. The highest BCUT2D eigenvalue weighted by molar-refractivity contribution is 5.60. The third-order valence-corrected chi connectivity index (χ3v) is 8.90. The number of hydrogen-bond donors (Lipinski definition) is 2. The normalized spacial score (nSPS) is 17.9. The molecule has 0 saturated carbocycles. The zero-order valence-corrected chi connectivity index (χ0v) is 26.9. The number of β-amino-alcohol motifs (C(OH)–C–C–N with tert-alkyl or cyclic N) is 2. The predicted octanol–water partition coefficient (Wildman–Crippen LogP) is 4.04. The Bertz CT molecular complexity index is 1190. The summed E-state index contributed by atoms with van der Waals surface area (Å²) in [5, 5.41) is 21.3. The van der Waals surface area contributed by atoms with Crippen LogP contribution >= 0.6 is 0 Å². The SMILES string of the molecule is Cc1cccc(C)c1N1CCN(CC(O)COc2ccc(OCC(O)CN3CCN(c4c(C)cccc4C)CC3)cc2)CC1. The van der Waals surface area contributed by atoms with E-state index in [9.17, 15) is 10.2 Å². The van der Waals surface area contributed by atoms with Crippen molar-refractivity contribution >= 4 is 11.4 Å². The van der Waals surface area contributed by atoms with Gasteiger partial charge >= 0.3 is 0 Å². The Hall–Kier alpha value is -3.30. The van der Waals surface area contributed by atoms with Gasteiger partial charge < -0.3 is 29.5 Å². The number of hydrogen-bond acceptors (Lipinski definition) is 8. The number of anilines is 2. The van der Waals surface area contributed by atoms with Gasteiger partial charge in [-0.25, -0.2) is 0 Å². The standard InChI is InChI=1S/C36H50N4O4/c1-27-7-5-8-28(2)35(27)39-19-15-37(16-20-39)23-31(41)25-43-33-11-13-34(14-12-33)44-26-32(42)24-38-17-21-40(22-18-38)36-29(3)9-6-10-30(36)4/h5-14,31-32,41-42H,15-26H2,1-4H3. The molecule has 2 saturated heterocycles. The van der Waals surface area contributed by atoms with Gasteiger partial charge in [0.1, 0.15) is 36.9 Å². The molecule has 2 aliphatic rings. The third-order valence-electron chi connectivity index (χ3n) is 8.90. The van der Waals surface area contributed by atoms with Crippen molar-refractivity contribution in [3.05, 3.63) is 82.9 Å². The van der Waals surface area contributed by atoms with E-state index in [1.807, 2.05) is 24.3 Å². The summed E-state index contributed by atoms with van der Waals surface area (Å²) in [4.78, 5) is 9.54. The summed E-state index contributed by atoms with van der Waals surface area (Å²) in [7, 11) is 0. The fraction of sp³-hybridized carbons (Fsp3) is 0.500. The molecule has 0 bridgehead atoms. The van der Waals surface area contributed by atoms with Crippen LogP contribution in [0, 0.1) is 27.7 Å². The number of para-hydroxylation sites is 2. The van der Waals surface area contributed by atoms with Gasteiger partial charge in [0.2, 0.25) is 0 Å². The van der Waals surface area contributed by atoms with E-state index < -0.39 is 12.2 Å². The lowest BCUT2D eigenvalue weighted by atomic mass is 10.1. The van der Waals surface area contributed by atoms with Gasteiger partial charge in [0.05, 0.1) is 0 Å². The first-order valence-electron chi connectivity index (χ1n) is 16.1. The molecule has 0 aromatic heterocycles. The highest BCUT2D eigenvalue weighted by Gasteiger charge is 2.23. The molecule has 2 unspecified atom stereocenters. The quantitative estimate of drug-likeness (QED) is 0.322. The minimum atomic E-state index is -0.560. The van der Waals surface area contributed by atoms with Crippen molar-refractivity contribution in [2.45, 2.75) is 39.9 Å².